The summed E-state index contributed by atoms with van der Waals surface area (Å²) in [4.78, 5) is 16.0. The monoisotopic (exact) mass is 259 g/mol. The molecule has 5 heteroatoms. The number of hydrogen-bond donors (Lipinski definition) is 2. The van der Waals surface area contributed by atoms with E-state index in [1.807, 2.05) is 0 Å². The number of aromatic hydroxyl groups is 1. The van der Waals surface area contributed by atoms with Gasteiger partial charge in [-0.05, 0) is 41.1 Å². The van der Waals surface area contributed by atoms with Gasteiger partial charge in [0, 0.05) is 5.56 Å². The molecule has 0 saturated carbocycles. The number of benzene rings is 1. The molecule has 0 bridgehead atoms. The molecule has 14 heavy (non-hydrogen) atoms. The van der Waals surface area contributed by atoms with Crippen LogP contribution >= 0.6 is 15.9 Å². The summed E-state index contributed by atoms with van der Waals surface area (Å²) in [6.07, 6.45) is 0. The van der Waals surface area contributed by atoms with Gasteiger partial charge in [0.15, 0.2) is 0 Å². The van der Waals surface area contributed by atoms with E-state index in [1.54, 1.807) is 19.1 Å². The van der Waals surface area contributed by atoms with Crippen LogP contribution in [0.5, 0.6) is 5.75 Å². The van der Waals surface area contributed by atoms with Crippen molar-refractivity contribution in [3.63, 3.8) is 0 Å². The molecule has 1 aromatic rings. The number of nitrogens with one attached hydrogen (secondary N) is 1. The maximum absolute atomic E-state index is 11.3. The number of hydroxylamine groups is 1. The number of phenolic OH excluding ortho intramolecular Hbond substituents is 1. The van der Waals surface area contributed by atoms with Gasteiger partial charge in [0.2, 0.25) is 0 Å². The third-order valence-corrected chi connectivity index (χ3v) is 2.19. The van der Waals surface area contributed by atoms with Crippen molar-refractivity contribution in [1.29, 1.82) is 0 Å². The molecule has 0 saturated heterocycles. The lowest BCUT2D eigenvalue weighted by Crippen LogP contribution is -2.23. The predicted octanol–water partition coefficient (Wildman–Crippen LogP) is 1.84. The van der Waals surface area contributed by atoms with Gasteiger partial charge in [-0.1, -0.05) is 0 Å². The van der Waals surface area contributed by atoms with Gasteiger partial charge in [-0.2, -0.15) is 0 Å². The zero-order valence-corrected chi connectivity index (χ0v) is 9.17. The maximum Gasteiger partial charge on any atom is 0.274 e. The van der Waals surface area contributed by atoms with Crippen LogP contribution in [0.15, 0.2) is 22.7 Å². The number of carbonyl (C=O) groups is 1. The summed E-state index contributed by atoms with van der Waals surface area (Å²) < 4.78 is 0.547. The molecule has 1 rings (SSSR count). The third-order valence-electron chi connectivity index (χ3n) is 1.52. The summed E-state index contributed by atoms with van der Waals surface area (Å²) >= 11 is 3.12. The van der Waals surface area contributed by atoms with Crippen molar-refractivity contribution in [2.24, 2.45) is 0 Å². The fourth-order valence-corrected chi connectivity index (χ4v) is 1.10. The second kappa shape index (κ2) is 4.97. The van der Waals surface area contributed by atoms with E-state index in [-0.39, 0.29) is 11.7 Å². The van der Waals surface area contributed by atoms with Crippen LogP contribution in [0.25, 0.3) is 0 Å². The summed E-state index contributed by atoms with van der Waals surface area (Å²) in [6.45, 7) is 2.16. The van der Waals surface area contributed by atoms with E-state index >= 15 is 0 Å². The molecular formula is C9H10BrNO3. The standard InChI is InChI=1S/C9H10BrNO3/c1-2-14-11-9(13)6-3-4-7(10)8(12)5-6/h3-5,12H,2H2,1H3,(H,11,13). The minimum absolute atomic E-state index is 0.0224. The fraction of sp³-hybridized carbons (Fsp3) is 0.222. The Morgan fingerprint density at radius 2 is 2.36 bits per heavy atom. The second-order valence-corrected chi connectivity index (χ2v) is 3.38. The van der Waals surface area contributed by atoms with Crippen molar-refractivity contribution >= 4 is 21.8 Å². The summed E-state index contributed by atoms with van der Waals surface area (Å²) in [6, 6.07) is 4.53. The summed E-state index contributed by atoms with van der Waals surface area (Å²) in [5, 5.41) is 9.31. The Balaban J connectivity index is 2.76. The molecule has 0 atom stereocenters. The fourth-order valence-electron chi connectivity index (χ4n) is 0.851. The van der Waals surface area contributed by atoms with E-state index in [1.165, 1.54) is 6.07 Å². The highest BCUT2D eigenvalue weighted by atomic mass is 79.9. The number of amides is 1. The van der Waals surface area contributed by atoms with Gasteiger partial charge in [-0.15, -0.1) is 0 Å². The molecule has 76 valence electrons. The van der Waals surface area contributed by atoms with Crippen LogP contribution < -0.4 is 5.48 Å². The average molecular weight is 260 g/mol. The Kier molecular flexibility index (Phi) is 3.91. The molecule has 1 aromatic carbocycles. The number of phenols is 1. The molecule has 0 unspecified atom stereocenters. The first kappa shape index (κ1) is 11.0. The van der Waals surface area contributed by atoms with E-state index in [2.05, 4.69) is 21.4 Å². The van der Waals surface area contributed by atoms with Crippen molar-refractivity contribution in [1.82, 2.24) is 5.48 Å². The van der Waals surface area contributed by atoms with Crippen LogP contribution in [-0.4, -0.2) is 17.6 Å². The van der Waals surface area contributed by atoms with Crippen LogP contribution in [0.1, 0.15) is 17.3 Å². The minimum Gasteiger partial charge on any atom is -0.507 e. The molecule has 0 fully saturated rings. The van der Waals surface area contributed by atoms with Crippen molar-refractivity contribution < 1.29 is 14.7 Å². The molecule has 1 amide bonds. The zero-order chi connectivity index (χ0) is 10.6. The van der Waals surface area contributed by atoms with E-state index in [0.29, 0.717) is 16.6 Å². The van der Waals surface area contributed by atoms with Gasteiger partial charge in [-0.25, -0.2) is 5.48 Å². The number of halogens is 1. The first-order valence-electron chi connectivity index (χ1n) is 4.05. The maximum atomic E-state index is 11.3. The summed E-state index contributed by atoms with van der Waals surface area (Å²) in [5.41, 5.74) is 2.58. The highest BCUT2D eigenvalue weighted by Crippen LogP contribution is 2.24. The first-order chi connectivity index (χ1) is 6.65. The molecule has 0 radical (unpaired) electrons. The van der Waals surface area contributed by atoms with Crippen molar-refractivity contribution in [3.05, 3.63) is 28.2 Å². The minimum atomic E-state index is -0.380. The van der Waals surface area contributed by atoms with Crippen LogP contribution in [0.2, 0.25) is 0 Å². The van der Waals surface area contributed by atoms with Gasteiger partial charge in [0.05, 0.1) is 11.1 Å². The lowest BCUT2D eigenvalue weighted by atomic mass is 10.2. The number of carbonyl (C=O) groups excluding carboxylic acids is 1. The van der Waals surface area contributed by atoms with Gasteiger partial charge >= 0.3 is 0 Å². The van der Waals surface area contributed by atoms with Gasteiger partial charge in [0.25, 0.3) is 5.91 Å². The smallest absolute Gasteiger partial charge is 0.274 e. The third kappa shape index (κ3) is 2.71. The highest BCUT2D eigenvalue weighted by molar-refractivity contribution is 9.10. The lowest BCUT2D eigenvalue weighted by Gasteiger charge is -2.04. The predicted molar refractivity (Wildman–Crippen MR) is 54.9 cm³/mol. The van der Waals surface area contributed by atoms with Gasteiger partial charge in [0.1, 0.15) is 5.75 Å². The van der Waals surface area contributed by atoms with E-state index in [4.69, 9.17) is 4.84 Å². The zero-order valence-electron chi connectivity index (χ0n) is 7.58. The summed E-state index contributed by atoms with van der Waals surface area (Å²) in [7, 11) is 0. The van der Waals surface area contributed by atoms with E-state index < -0.39 is 0 Å². The van der Waals surface area contributed by atoms with E-state index in [0.717, 1.165) is 0 Å². The second-order valence-electron chi connectivity index (χ2n) is 2.53. The molecule has 0 aliphatic carbocycles. The Labute approximate surface area is 90.0 Å². The molecule has 0 aromatic heterocycles. The molecule has 0 aliphatic heterocycles. The first-order valence-corrected chi connectivity index (χ1v) is 4.85. The molecular weight excluding hydrogens is 250 g/mol. The van der Waals surface area contributed by atoms with Gasteiger partial charge in [-0.3, -0.25) is 9.63 Å². The quantitative estimate of drug-likeness (QED) is 0.815. The number of hydrogen-bond acceptors (Lipinski definition) is 3. The Hall–Kier alpha value is -1.07. The summed E-state index contributed by atoms with van der Waals surface area (Å²) in [5.74, 6) is -0.358. The van der Waals surface area contributed by atoms with Crippen molar-refractivity contribution in [2.45, 2.75) is 6.92 Å². The molecule has 0 heterocycles. The molecule has 4 nitrogen and oxygen atoms in total. The van der Waals surface area contributed by atoms with Crippen LogP contribution in [0.3, 0.4) is 0 Å². The van der Waals surface area contributed by atoms with Gasteiger partial charge < -0.3 is 5.11 Å². The Bertz CT molecular complexity index is 341. The van der Waals surface area contributed by atoms with Crippen molar-refractivity contribution in [3.8, 4) is 5.75 Å². The largest absolute Gasteiger partial charge is 0.507 e. The van der Waals surface area contributed by atoms with Crippen LogP contribution in [0.4, 0.5) is 0 Å². The van der Waals surface area contributed by atoms with Crippen LogP contribution in [-0.2, 0) is 4.84 Å². The molecule has 2 N–H and O–H groups in total. The highest BCUT2D eigenvalue weighted by Gasteiger charge is 2.07. The van der Waals surface area contributed by atoms with Crippen molar-refractivity contribution in [2.75, 3.05) is 6.61 Å². The molecule has 0 spiro atoms. The topological polar surface area (TPSA) is 58.6 Å². The Morgan fingerprint density at radius 3 is 2.93 bits per heavy atom. The Morgan fingerprint density at radius 1 is 1.64 bits per heavy atom. The number of rotatable bonds is 3. The SMILES string of the molecule is CCONC(=O)c1ccc(Br)c(O)c1. The van der Waals surface area contributed by atoms with Crippen LogP contribution in [0, 0.1) is 0 Å². The lowest BCUT2D eigenvalue weighted by molar-refractivity contribution is 0.0364. The molecule has 0 aliphatic rings. The van der Waals surface area contributed by atoms with E-state index in [9.17, 15) is 9.90 Å². The average Bonchev–Trinajstić information content (AvgIpc) is 2.18. The normalized spacial score (nSPS) is 9.86.